The molecule has 2 nitrogen and oxygen atoms in total. The SMILES string of the molecule is CCCCC(C)(C)C(=O)c1ccc(CCCO)cc1. The van der Waals surface area contributed by atoms with E-state index in [1.165, 1.54) is 5.56 Å². The van der Waals surface area contributed by atoms with E-state index in [1.54, 1.807) is 0 Å². The van der Waals surface area contributed by atoms with Gasteiger partial charge in [0, 0.05) is 17.6 Å². The number of Topliss-reactive ketones (excluding diaryl/α,β-unsaturated/α-hetero) is 1. The first-order valence-corrected chi connectivity index (χ1v) is 7.26. The van der Waals surface area contributed by atoms with Crippen molar-refractivity contribution in [2.45, 2.75) is 52.9 Å². The summed E-state index contributed by atoms with van der Waals surface area (Å²) in [4.78, 5) is 12.5. The van der Waals surface area contributed by atoms with Crippen LogP contribution < -0.4 is 0 Å². The van der Waals surface area contributed by atoms with E-state index in [1.807, 2.05) is 38.1 Å². The van der Waals surface area contributed by atoms with Crippen molar-refractivity contribution in [3.05, 3.63) is 35.4 Å². The lowest BCUT2D eigenvalue weighted by Crippen LogP contribution is -2.24. The third-order valence-corrected chi connectivity index (χ3v) is 3.61. The van der Waals surface area contributed by atoms with Gasteiger partial charge >= 0.3 is 0 Å². The van der Waals surface area contributed by atoms with E-state index >= 15 is 0 Å². The van der Waals surface area contributed by atoms with Gasteiger partial charge in [0.15, 0.2) is 5.78 Å². The van der Waals surface area contributed by atoms with E-state index in [-0.39, 0.29) is 17.8 Å². The molecule has 0 spiro atoms. The molecule has 0 saturated carbocycles. The quantitative estimate of drug-likeness (QED) is 0.719. The molecule has 0 unspecified atom stereocenters. The van der Waals surface area contributed by atoms with Gasteiger partial charge in [-0.1, -0.05) is 57.9 Å². The van der Waals surface area contributed by atoms with Gasteiger partial charge in [-0.3, -0.25) is 4.79 Å². The van der Waals surface area contributed by atoms with Crippen LogP contribution in [0.3, 0.4) is 0 Å². The summed E-state index contributed by atoms with van der Waals surface area (Å²) < 4.78 is 0. The first kappa shape index (κ1) is 15.9. The lowest BCUT2D eigenvalue weighted by Gasteiger charge is -2.23. The Morgan fingerprint density at radius 3 is 2.32 bits per heavy atom. The zero-order chi connectivity index (χ0) is 14.3. The Morgan fingerprint density at radius 2 is 1.79 bits per heavy atom. The summed E-state index contributed by atoms with van der Waals surface area (Å²) in [6.45, 7) is 6.43. The van der Waals surface area contributed by atoms with Gasteiger partial charge in [0.1, 0.15) is 0 Å². The van der Waals surface area contributed by atoms with Crippen molar-refractivity contribution in [1.29, 1.82) is 0 Å². The van der Waals surface area contributed by atoms with Gasteiger partial charge in [-0.2, -0.15) is 0 Å². The van der Waals surface area contributed by atoms with Gasteiger partial charge in [0.2, 0.25) is 0 Å². The van der Waals surface area contributed by atoms with Crippen molar-refractivity contribution in [3.8, 4) is 0 Å². The summed E-state index contributed by atoms with van der Waals surface area (Å²) in [5.41, 5.74) is 1.70. The summed E-state index contributed by atoms with van der Waals surface area (Å²) in [5, 5.41) is 8.81. The van der Waals surface area contributed by atoms with Crippen LogP contribution in [0.25, 0.3) is 0 Å². The Hall–Kier alpha value is -1.15. The van der Waals surface area contributed by atoms with Crippen molar-refractivity contribution in [3.63, 3.8) is 0 Å². The summed E-state index contributed by atoms with van der Waals surface area (Å²) >= 11 is 0. The number of benzene rings is 1. The number of aryl methyl sites for hydroxylation is 1. The summed E-state index contributed by atoms with van der Waals surface area (Å²) in [6, 6.07) is 7.84. The minimum absolute atomic E-state index is 0.213. The number of hydrogen-bond acceptors (Lipinski definition) is 2. The molecule has 0 saturated heterocycles. The highest BCUT2D eigenvalue weighted by molar-refractivity contribution is 6.00. The lowest BCUT2D eigenvalue weighted by atomic mass is 9.80. The molecule has 1 N–H and O–H groups in total. The van der Waals surface area contributed by atoms with E-state index in [0.717, 1.165) is 37.7 Å². The van der Waals surface area contributed by atoms with Crippen molar-refractivity contribution in [2.24, 2.45) is 5.41 Å². The minimum Gasteiger partial charge on any atom is -0.396 e. The minimum atomic E-state index is -0.275. The second kappa shape index (κ2) is 7.44. The second-order valence-corrected chi connectivity index (χ2v) is 5.84. The van der Waals surface area contributed by atoms with Crippen LogP contribution >= 0.6 is 0 Å². The van der Waals surface area contributed by atoms with Crippen molar-refractivity contribution >= 4 is 5.78 Å². The molecule has 0 heterocycles. The standard InChI is InChI=1S/C17H26O2/c1-4-5-12-17(2,3)16(19)15-10-8-14(9-11-15)7-6-13-18/h8-11,18H,4-7,12-13H2,1-3H3. The zero-order valence-electron chi connectivity index (χ0n) is 12.4. The molecule has 0 aliphatic heterocycles. The highest BCUT2D eigenvalue weighted by Gasteiger charge is 2.27. The summed E-state index contributed by atoms with van der Waals surface area (Å²) in [7, 11) is 0. The van der Waals surface area contributed by atoms with Crippen LogP contribution in [-0.4, -0.2) is 17.5 Å². The number of ketones is 1. The summed E-state index contributed by atoms with van der Waals surface area (Å²) in [6.07, 6.45) is 4.79. The molecule has 0 amide bonds. The van der Waals surface area contributed by atoms with Gasteiger partial charge in [0.25, 0.3) is 0 Å². The Bertz CT molecular complexity index is 390. The van der Waals surface area contributed by atoms with Crippen molar-refractivity contribution in [1.82, 2.24) is 0 Å². The number of unbranched alkanes of at least 4 members (excludes halogenated alkanes) is 1. The van der Waals surface area contributed by atoms with Gasteiger partial charge in [-0.15, -0.1) is 0 Å². The lowest BCUT2D eigenvalue weighted by molar-refractivity contribution is 0.0823. The Kier molecular flexibility index (Phi) is 6.23. The van der Waals surface area contributed by atoms with Crippen molar-refractivity contribution in [2.75, 3.05) is 6.61 Å². The summed E-state index contributed by atoms with van der Waals surface area (Å²) in [5.74, 6) is 0.231. The van der Waals surface area contributed by atoms with Crippen LogP contribution in [-0.2, 0) is 6.42 Å². The molecular weight excluding hydrogens is 236 g/mol. The molecule has 2 heteroatoms. The number of hydrogen-bond donors (Lipinski definition) is 1. The predicted molar refractivity (Wildman–Crippen MR) is 79.5 cm³/mol. The third-order valence-electron chi connectivity index (χ3n) is 3.61. The average molecular weight is 262 g/mol. The number of carbonyl (C=O) groups is 1. The van der Waals surface area contributed by atoms with Crippen LogP contribution in [0.1, 0.15) is 62.4 Å². The van der Waals surface area contributed by atoms with Crippen LogP contribution in [0.4, 0.5) is 0 Å². The molecule has 0 aliphatic rings. The van der Waals surface area contributed by atoms with Gasteiger partial charge < -0.3 is 5.11 Å². The van der Waals surface area contributed by atoms with Crippen LogP contribution in [0.5, 0.6) is 0 Å². The normalized spacial score (nSPS) is 11.6. The molecule has 0 aromatic heterocycles. The third kappa shape index (κ3) is 4.79. The largest absolute Gasteiger partial charge is 0.396 e. The zero-order valence-corrected chi connectivity index (χ0v) is 12.4. The predicted octanol–water partition coefficient (Wildman–Crippen LogP) is 4.01. The Morgan fingerprint density at radius 1 is 1.16 bits per heavy atom. The molecule has 1 rings (SSSR count). The highest BCUT2D eigenvalue weighted by Crippen LogP contribution is 2.28. The topological polar surface area (TPSA) is 37.3 Å². The maximum Gasteiger partial charge on any atom is 0.168 e. The van der Waals surface area contributed by atoms with E-state index in [2.05, 4.69) is 6.92 Å². The Balaban J connectivity index is 2.71. The number of rotatable bonds is 8. The smallest absolute Gasteiger partial charge is 0.168 e. The molecule has 19 heavy (non-hydrogen) atoms. The monoisotopic (exact) mass is 262 g/mol. The molecule has 0 bridgehead atoms. The Labute approximate surface area is 116 Å². The molecule has 0 radical (unpaired) electrons. The fourth-order valence-electron chi connectivity index (χ4n) is 2.23. The molecule has 0 aliphatic carbocycles. The fourth-order valence-corrected chi connectivity index (χ4v) is 2.23. The molecule has 1 aromatic carbocycles. The molecule has 0 fully saturated rings. The van der Waals surface area contributed by atoms with E-state index in [4.69, 9.17) is 5.11 Å². The highest BCUT2D eigenvalue weighted by atomic mass is 16.2. The van der Waals surface area contributed by atoms with Crippen LogP contribution in [0.2, 0.25) is 0 Å². The van der Waals surface area contributed by atoms with E-state index in [0.29, 0.717) is 0 Å². The fraction of sp³-hybridized carbons (Fsp3) is 0.588. The molecule has 1 aromatic rings. The van der Waals surface area contributed by atoms with Gasteiger partial charge in [-0.25, -0.2) is 0 Å². The van der Waals surface area contributed by atoms with Crippen molar-refractivity contribution < 1.29 is 9.90 Å². The number of carbonyl (C=O) groups excluding carboxylic acids is 1. The number of aliphatic hydroxyl groups excluding tert-OH is 1. The second-order valence-electron chi connectivity index (χ2n) is 5.84. The van der Waals surface area contributed by atoms with E-state index < -0.39 is 0 Å². The molecule has 0 atom stereocenters. The first-order chi connectivity index (χ1) is 9.01. The molecule has 106 valence electrons. The van der Waals surface area contributed by atoms with Gasteiger partial charge in [-0.05, 0) is 24.8 Å². The van der Waals surface area contributed by atoms with Crippen LogP contribution in [0.15, 0.2) is 24.3 Å². The average Bonchev–Trinajstić information content (AvgIpc) is 2.42. The molecular formula is C17H26O2. The first-order valence-electron chi connectivity index (χ1n) is 7.26. The maximum absolute atomic E-state index is 12.5. The van der Waals surface area contributed by atoms with Crippen LogP contribution in [0, 0.1) is 5.41 Å². The maximum atomic E-state index is 12.5. The number of aliphatic hydroxyl groups is 1. The van der Waals surface area contributed by atoms with E-state index in [9.17, 15) is 4.79 Å². The van der Waals surface area contributed by atoms with Gasteiger partial charge in [0.05, 0.1) is 0 Å².